The van der Waals surface area contributed by atoms with Crippen LogP contribution in [0.5, 0.6) is 0 Å². The first kappa shape index (κ1) is 12.8. The van der Waals surface area contributed by atoms with E-state index in [1.54, 1.807) is 18.2 Å². The number of hydrogen-bond donors (Lipinski definition) is 1. The van der Waals surface area contributed by atoms with Crippen molar-refractivity contribution in [2.24, 2.45) is 0 Å². The second kappa shape index (κ2) is 5.45. The van der Waals surface area contributed by atoms with E-state index in [4.69, 9.17) is 4.42 Å². The molecular weight excluding hydrogens is 259 g/mol. The third-order valence-electron chi connectivity index (χ3n) is 3.20. The number of rotatable bonds is 5. The minimum atomic E-state index is -0.346. The van der Waals surface area contributed by atoms with Crippen LogP contribution in [0.4, 0.5) is 4.39 Å². The topological polar surface area (TPSA) is 55.1 Å². The summed E-state index contributed by atoms with van der Waals surface area (Å²) in [6.45, 7) is 0. The molecule has 104 valence electrons. The summed E-state index contributed by atoms with van der Waals surface area (Å²) < 4.78 is 19.1. The van der Waals surface area contributed by atoms with Crippen molar-refractivity contribution in [3.63, 3.8) is 0 Å². The lowest BCUT2D eigenvalue weighted by molar-refractivity contribution is -0.121. The van der Waals surface area contributed by atoms with Gasteiger partial charge in [-0.1, -0.05) is 12.1 Å². The predicted molar refractivity (Wildman–Crippen MR) is 71.4 cm³/mol. The van der Waals surface area contributed by atoms with Gasteiger partial charge >= 0.3 is 0 Å². The molecule has 1 heterocycles. The Bertz CT molecular complexity index is 620. The molecule has 3 rings (SSSR count). The molecule has 0 aliphatic heterocycles. The van der Waals surface area contributed by atoms with Gasteiger partial charge in [0, 0.05) is 18.9 Å². The smallest absolute Gasteiger partial charge is 0.220 e. The summed E-state index contributed by atoms with van der Waals surface area (Å²) in [7, 11) is 0. The van der Waals surface area contributed by atoms with Crippen LogP contribution in [0.3, 0.4) is 0 Å². The average molecular weight is 274 g/mol. The zero-order valence-electron chi connectivity index (χ0n) is 10.9. The van der Waals surface area contributed by atoms with Crippen LogP contribution in [-0.2, 0) is 11.2 Å². The van der Waals surface area contributed by atoms with Crippen LogP contribution in [0, 0.1) is 5.82 Å². The molecule has 0 radical (unpaired) electrons. The van der Waals surface area contributed by atoms with Crippen molar-refractivity contribution in [1.29, 1.82) is 0 Å². The fourth-order valence-electron chi connectivity index (χ4n) is 1.96. The van der Waals surface area contributed by atoms with E-state index in [-0.39, 0.29) is 11.7 Å². The molecule has 0 bridgehead atoms. The van der Waals surface area contributed by atoms with Crippen molar-refractivity contribution >= 4 is 5.91 Å². The quantitative estimate of drug-likeness (QED) is 0.912. The molecule has 1 fully saturated rings. The predicted octanol–water partition coefficient (Wildman–Crippen LogP) is 2.69. The van der Waals surface area contributed by atoms with Crippen molar-refractivity contribution in [3.05, 3.63) is 42.2 Å². The number of amides is 1. The number of aryl methyl sites for hydroxylation is 1. The lowest BCUT2D eigenvalue weighted by Crippen LogP contribution is -2.25. The van der Waals surface area contributed by atoms with Gasteiger partial charge in [0.25, 0.3) is 0 Å². The fraction of sp³-hybridized carbons (Fsp3) is 0.333. The molecule has 1 aliphatic carbocycles. The molecule has 5 heteroatoms. The minimum Gasteiger partial charge on any atom is -0.441 e. The normalized spacial score (nSPS) is 14.2. The van der Waals surface area contributed by atoms with E-state index in [2.05, 4.69) is 10.3 Å². The molecule has 0 unspecified atom stereocenters. The fourth-order valence-corrected chi connectivity index (χ4v) is 1.96. The maximum atomic E-state index is 13.6. The molecule has 0 spiro atoms. The molecule has 1 aromatic heterocycles. The van der Waals surface area contributed by atoms with Crippen molar-refractivity contribution in [2.75, 3.05) is 0 Å². The first-order valence-electron chi connectivity index (χ1n) is 6.71. The van der Waals surface area contributed by atoms with E-state index in [0.717, 1.165) is 12.8 Å². The third kappa shape index (κ3) is 3.04. The van der Waals surface area contributed by atoms with Gasteiger partial charge in [-0.25, -0.2) is 9.37 Å². The summed E-state index contributed by atoms with van der Waals surface area (Å²) in [6, 6.07) is 6.74. The van der Waals surface area contributed by atoms with Gasteiger partial charge in [-0.3, -0.25) is 4.79 Å². The Hall–Kier alpha value is -2.17. The van der Waals surface area contributed by atoms with Gasteiger partial charge < -0.3 is 9.73 Å². The lowest BCUT2D eigenvalue weighted by Gasteiger charge is -2.01. The van der Waals surface area contributed by atoms with E-state index in [0.29, 0.717) is 36.1 Å². The number of oxazole rings is 1. The molecule has 4 nitrogen and oxygen atoms in total. The Morgan fingerprint density at radius 1 is 1.40 bits per heavy atom. The maximum Gasteiger partial charge on any atom is 0.220 e. The summed E-state index contributed by atoms with van der Waals surface area (Å²) in [5.41, 5.74) is 0.383. The van der Waals surface area contributed by atoms with Gasteiger partial charge in [0.15, 0.2) is 11.7 Å². The highest BCUT2D eigenvalue weighted by Gasteiger charge is 2.23. The second-order valence-corrected chi connectivity index (χ2v) is 4.94. The summed E-state index contributed by atoms with van der Waals surface area (Å²) in [4.78, 5) is 15.6. The molecular formula is C15H15FN2O2. The summed E-state index contributed by atoms with van der Waals surface area (Å²) in [5.74, 6) is 0.509. The monoisotopic (exact) mass is 274 g/mol. The highest BCUT2D eigenvalue weighted by atomic mass is 19.1. The number of hydrogen-bond acceptors (Lipinski definition) is 3. The molecule has 2 aromatic rings. The molecule has 1 aromatic carbocycles. The molecule has 0 saturated heterocycles. The number of carbonyl (C=O) groups is 1. The van der Waals surface area contributed by atoms with Gasteiger partial charge in [-0.05, 0) is 25.0 Å². The third-order valence-corrected chi connectivity index (χ3v) is 3.20. The van der Waals surface area contributed by atoms with Crippen molar-refractivity contribution in [1.82, 2.24) is 10.3 Å². The Morgan fingerprint density at radius 3 is 2.95 bits per heavy atom. The van der Waals surface area contributed by atoms with Gasteiger partial charge in [-0.2, -0.15) is 0 Å². The zero-order valence-corrected chi connectivity index (χ0v) is 10.9. The first-order valence-corrected chi connectivity index (χ1v) is 6.71. The number of benzene rings is 1. The zero-order chi connectivity index (χ0) is 13.9. The molecule has 1 saturated carbocycles. The van der Waals surface area contributed by atoms with E-state index in [1.165, 1.54) is 12.3 Å². The van der Waals surface area contributed by atoms with Gasteiger partial charge in [0.1, 0.15) is 5.82 Å². The van der Waals surface area contributed by atoms with Crippen LogP contribution in [-0.4, -0.2) is 16.9 Å². The summed E-state index contributed by atoms with van der Waals surface area (Å²) in [6.07, 6.45) is 4.40. The van der Waals surface area contributed by atoms with Crippen LogP contribution in [0.2, 0.25) is 0 Å². The van der Waals surface area contributed by atoms with Gasteiger partial charge in [-0.15, -0.1) is 0 Å². The van der Waals surface area contributed by atoms with Crippen LogP contribution in [0.15, 0.2) is 34.9 Å². The highest BCUT2D eigenvalue weighted by molar-refractivity contribution is 5.76. The van der Waals surface area contributed by atoms with Gasteiger partial charge in [0.2, 0.25) is 5.91 Å². The highest BCUT2D eigenvalue weighted by Crippen LogP contribution is 2.23. The van der Waals surface area contributed by atoms with E-state index >= 15 is 0 Å². The van der Waals surface area contributed by atoms with Gasteiger partial charge in [0.05, 0.1) is 11.8 Å². The molecule has 1 amide bonds. The number of carbonyl (C=O) groups excluding carboxylic acids is 1. The lowest BCUT2D eigenvalue weighted by atomic mass is 10.2. The Kier molecular flexibility index (Phi) is 3.50. The van der Waals surface area contributed by atoms with E-state index in [9.17, 15) is 9.18 Å². The van der Waals surface area contributed by atoms with Crippen molar-refractivity contribution < 1.29 is 13.6 Å². The molecule has 1 N–H and O–H groups in total. The molecule has 1 aliphatic rings. The first-order chi connectivity index (χ1) is 9.72. The van der Waals surface area contributed by atoms with Crippen LogP contribution >= 0.6 is 0 Å². The van der Waals surface area contributed by atoms with Crippen LogP contribution < -0.4 is 5.32 Å². The van der Waals surface area contributed by atoms with Crippen molar-refractivity contribution in [2.45, 2.75) is 31.7 Å². The Labute approximate surface area is 116 Å². The second-order valence-electron chi connectivity index (χ2n) is 4.94. The largest absolute Gasteiger partial charge is 0.441 e. The number of aromatic nitrogens is 1. The number of halogens is 1. The van der Waals surface area contributed by atoms with Crippen LogP contribution in [0.25, 0.3) is 11.3 Å². The number of nitrogens with one attached hydrogen (secondary N) is 1. The molecule has 20 heavy (non-hydrogen) atoms. The maximum absolute atomic E-state index is 13.6. The summed E-state index contributed by atoms with van der Waals surface area (Å²) >= 11 is 0. The number of nitrogens with zero attached hydrogens (tertiary/aromatic N) is 1. The SMILES string of the molecule is O=C(CCc1ncc(-c2ccccc2F)o1)NC1CC1. The summed E-state index contributed by atoms with van der Waals surface area (Å²) in [5, 5.41) is 2.90. The molecule has 0 atom stereocenters. The average Bonchev–Trinajstić information content (AvgIpc) is 3.12. The Morgan fingerprint density at radius 2 is 2.20 bits per heavy atom. The Balaban J connectivity index is 1.61. The van der Waals surface area contributed by atoms with Crippen molar-refractivity contribution in [3.8, 4) is 11.3 Å². The van der Waals surface area contributed by atoms with Crippen LogP contribution in [0.1, 0.15) is 25.2 Å². The van der Waals surface area contributed by atoms with E-state index < -0.39 is 0 Å². The minimum absolute atomic E-state index is 0.0122. The standard InChI is InChI=1S/C15H15FN2O2/c16-12-4-2-1-3-11(12)13-9-17-15(20-13)8-7-14(19)18-10-5-6-10/h1-4,9-10H,5-8H2,(H,18,19). The van der Waals surface area contributed by atoms with E-state index in [1.807, 2.05) is 0 Å².